The fraction of sp³-hybridized carbons (Fsp3) is 0.961. The van der Waals surface area contributed by atoms with Crippen LogP contribution >= 0.6 is 7.82 Å². The maximum Gasteiger partial charge on any atom is 0.268 e. The standard InChI is InChI=1S/C76H153N2O6P/c1-6-8-10-12-14-16-18-20-22-24-26-28-30-32-34-36-37-38-39-40-42-44-46-48-50-52-54-56-58-60-62-64-66-68-70-76(80)77-74(73-84-85(81,82)83-72-71-78(3,4)5)75(79)69-67-65-63-61-59-57-55-53-51-49-47-45-43-41-35-33-31-29-27-25-23-21-19-17-15-13-11-9-7-2/h67,69,74-75,79H,6-66,68,70-73H2,1-5H3,(H-,77,80,81,82)/b69-67+. The van der Waals surface area contributed by atoms with Crippen molar-refractivity contribution >= 4 is 13.7 Å². The van der Waals surface area contributed by atoms with E-state index in [-0.39, 0.29) is 19.1 Å². The second-order valence-electron chi connectivity index (χ2n) is 28.1. The van der Waals surface area contributed by atoms with Gasteiger partial charge in [0.25, 0.3) is 7.82 Å². The smallest absolute Gasteiger partial charge is 0.268 e. The Bertz CT molecular complexity index is 1390. The van der Waals surface area contributed by atoms with Crippen LogP contribution < -0.4 is 10.2 Å². The number of likely N-dealkylation sites (N-methyl/N-ethyl adjacent to an activating group) is 1. The lowest BCUT2D eigenvalue weighted by Crippen LogP contribution is -2.45. The Labute approximate surface area is 532 Å². The first-order valence-corrected chi connectivity index (χ1v) is 40.0. The monoisotopic (exact) mass is 1220 g/mol. The summed E-state index contributed by atoms with van der Waals surface area (Å²) in [5.41, 5.74) is 0. The quantitative estimate of drug-likeness (QED) is 0.0272. The molecule has 0 spiro atoms. The highest BCUT2D eigenvalue weighted by molar-refractivity contribution is 7.45. The zero-order chi connectivity index (χ0) is 61.9. The molecule has 0 saturated heterocycles. The normalized spacial score (nSPS) is 13.5. The van der Waals surface area contributed by atoms with Crippen LogP contribution in [0.4, 0.5) is 0 Å². The number of unbranched alkanes of at least 4 members (excludes halogenated alkanes) is 60. The second kappa shape index (κ2) is 67.6. The molecule has 508 valence electrons. The molecule has 0 rings (SSSR count). The molecule has 0 aromatic rings. The molecule has 0 heterocycles. The molecule has 1 amide bonds. The van der Waals surface area contributed by atoms with Crippen LogP contribution in [0.1, 0.15) is 418 Å². The number of phosphoric acid groups is 1. The van der Waals surface area contributed by atoms with E-state index in [1.54, 1.807) is 6.08 Å². The number of allylic oxidation sites excluding steroid dienone is 1. The summed E-state index contributed by atoms with van der Waals surface area (Å²) in [6.07, 6.45) is 88.0. The largest absolute Gasteiger partial charge is 0.756 e. The van der Waals surface area contributed by atoms with Gasteiger partial charge in [0, 0.05) is 6.42 Å². The summed E-state index contributed by atoms with van der Waals surface area (Å²) in [4.78, 5) is 25.7. The number of rotatable bonds is 73. The van der Waals surface area contributed by atoms with Crippen LogP contribution in [-0.4, -0.2) is 68.5 Å². The van der Waals surface area contributed by atoms with Gasteiger partial charge < -0.3 is 28.8 Å². The number of nitrogens with one attached hydrogen (secondary N) is 1. The first kappa shape index (κ1) is 84.2. The molecule has 0 saturated carbocycles. The topological polar surface area (TPSA) is 108 Å². The summed E-state index contributed by atoms with van der Waals surface area (Å²) in [6.45, 7) is 4.73. The van der Waals surface area contributed by atoms with Gasteiger partial charge in [0.1, 0.15) is 13.2 Å². The maximum atomic E-state index is 13.1. The fourth-order valence-electron chi connectivity index (χ4n) is 12.3. The van der Waals surface area contributed by atoms with E-state index in [4.69, 9.17) is 9.05 Å². The molecule has 0 aliphatic carbocycles. The molecule has 3 atom stereocenters. The van der Waals surface area contributed by atoms with Crippen molar-refractivity contribution in [2.24, 2.45) is 0 Å². The van der Waals surface area contributed by atoms with Crippen molar-refractivity contribution in [3.63, 3.8) is 0 Å². The van der Waals surface area contributed by atoms with Crippen molar-refractivity contribution in [2.75, 3.05) is 40.9 Å². The Morgan fingerprint density at radius 1 is 0.400 bits per heavy atom. The molecule has 2 N–H and O–H groups in total. The van der Waals surface area contributed by atoms with Crippen molar-refractivity contribution < 1.29 is 32.9 Å². The van der Waals surface area contributed by atoms with Gasteiger partial charge in [-0.25, -0.2) is 0 Å². The predicted octanol–water partition coefficient (Wildman–Crippen LogP) is 24.2. The van der Waals surface area contributed by atoms with Crippen LogP contribution in [0.3, 0.4) is 0 Å². The van der Waals surface area contributed by atoms with E-state index in [0.717, 1.165) is 38.5 Å². The van der Waals surface area contributed by atoms with E-state index >= 15 is 0 Å². The Morgan fingerprint density at radius 2 is 0.635 bits per heavy atom. The van der Waals surface area contributed by atoms with Gasteiger partial charge in [0.15, 0.2) is 0 Å². The number of nitrogens with zero attached hydrogens (tertiary/aromatic N) is 1. The molecule has 0 aliphatic rings. The molecule has 9 heteroatoms. The molecular weight excluding hydrogens is 1070 g/mol. The molecule has 8 nitrogen and oxygen atoms in total. The van der Waals surface area contributed by atoms with E-state index in [2.05, 4.69) is 19.2 Å². The van der Waals surface area contributed by atoms with Crippen molar-refractivity contribution in [3.8, 4) is 0 Å². The van der Waals surface area contributed by atoms with Gasteiger partial charge in [-0.1, -0.05) is 405 Å². The third-order valence-corrected chi connectivity index (χ3v) is 19.2. The Kier molecular flexibility index (Phi) is 67.0. The highest BCUT2D eigenvalue weighted by Gasteiger charge is 2.23. The van der Waals surface area contributed by atoms with Crippen LogP contribution in [0.15, 0.2) is 12.2 Å². The van der Waals surface area contributed by atoms with Crippen molar-refractivity contribution in [2.45, 2.75) is 431 Å². The molecule has 0 aromatic carbocycles. The van der Waals surface area contributed by atoms with Gasteiger partial charge in [-0.15, -0.1) is 0 Å². The maximum absolute atomic E-state index is 13.1. The molecule has 0 aliphatic heterocycles. The Morgan fingerprint density at radius 3 is 0.882 bits per heavy atom. The van der Waals surface area contributed by atoms with Gasteiger partial charge in [0.2, 0.25) is 5.91 Å². The third-order valence-electron chi connectivity index (χ3n) is 18.2. The number of quaternary nitrogens is 1. The van der Waals surface area contributed by atoms with Crippen LogP contribution in [0.25, 0.3) is 0 Å². The Hall–Kier alpha value is -0.760. The number of aliphatic hydroxyl groups excluding tert-OH is 1. The number of carbonyl (C=O) groups excluding carboxylic acids is 1. The molecule has 0 fully saturated rings. The summed E-state index contributed by atoms with van der Waals surface area (Å²) < 4.78 is 23.5. The van der Waals surface area contributed by atoms with Gasteiger partial charge in [-0.3, -0.25) is 9.36 Å². The van der Waals surface area contributed by atoms with Crippen LogP contribution in [0.5, 0.6) is 0 Å². The van der Waals surface area contributed by atoms with Crippen LogP contribution in [0, 0.1) is 0 Å². The van der Waals surface area contributed by atoms with Crippen molar-refractivity contribution in [1.82, 2.24) is 5.32 Å². The SMILES string of the molecule is CCCCCCCCCCCCCCCCCCCCCCCCCCCCC/C=C/C(O)C(COP(=O)([O-])OCC[N+](C)(C)C)NC(=O)CCCCCCCCCCCCCCCCCCCCCCCCCCCCCCCCCCCC. The van der Waals surface area contributed by atoms with Gasteiger partial charge in [0.05, 0.1) is 39.9 Å². The van der Waals surface area contributed by atoms with Crippen LogP contribution in [-0.2, 0) is 18.4 Å². The van der Waals surface area contributed by atoms with Gasteiger partial charge >= 0.3 is 0 Å². The van der Waals surface area contributed by atoms with E-state index < -0.39 is 20.0 Å². The number of hydrogen-bond acceptors (Lipinski definition) is 6. The molecule has 0 bridgehead atoms. The first-order valence-electron chi connectivity index (χ1n) is 38.6. The number of aliphatic hydroxyl groups is 1. The summed E-state index contributed by atoms with van der Waals surface area (Å²) in [5.74, 6) is -0.186. The molecular formula is C76H153N2O6P. The Balaban J connectivity index is 3.95. The number of phosphoric ester groups is 1. The highest BCUT2D eigenvalue weighted by Crippen LogP contribution is 2.38. The minimum Gasteiger partial charge on any atom is -0.756 e. The summed E-state index contributed by atoms with van der Waals surface area (Å²) in [5, 5.41) is 14.0. The van der Waals surface area contributed by atoms with E-state index in [1.807, 2.05) is 27.2 Å². The number of amides is 1. The minimum absolute atomic E-state index is 0.00313. The lowest BCUT2D eigenvalue weighted by molar-refractivity contribution is -0.870. The van der Waals surface area contributed by atoms with Gasteiger partial charge in [-0.2, -0.15) is 0 Å². The first-order chi connectivity index (χ1) is 41.5. The van der Waals surface area contributed by atoms with Crippen LogP contribution in [0.2, 0.25) is 0 Å². The molecule has 3 unspecified atom stereocenters. The van der Waals surface area contributed by atoms with Gasteiger partial charge in [-0.05, 0) is 19.3 Å². The van der Waals surface area contributed by atoms with Crippen molar-refractivity contribution in [1.29, 1.82) is 0 Å². The minimum atomic E-state index is -4.60. The fourth-order valence-corrected chi connectivity index (χ4v) is 13.0. The average Bonchev–Trinajstić information content (AvgIpc) is 3.53. The van der Waals surface area contributed by atoms with Crippen molar-refractivity contribution in [3.05, 3.63) is 12.2 Å². The molecule has 0 aromatic heterocycles. The second-order valence-corrected chi connectivity index (χ2v) is 29.5. The molecule has 85 heavy (non-hydrogen) atoms. The summed E-state index contributed by atoms with van der Waals surface area (Å²) in [6, 6.07) is -0.884. The zero-order valence-electron chi connectivity index (χ0n) is 58.4. The lowest BCUT2D eigenvalue weighted by atomic mass is 10.0. The molecule has 0 radical (unpaired) electrons. The number of carbonyl (C=O) groups is 1. The highest BCUT2D eigenvalue weighted by atomic mass is 31.2. The predicted molar refractivity (Wildman–Crippen MR) is 372 cm³/mol. The summed E-state index contributed by atoms with van der Waals surface area (Å²) in [7, 11) is 1.29. The summed E-state index contributed by atoms with van der Waals surface area (Å²) >= 11 is 0. The lowest BCUT2D eigenvalue weighted by Gasteiger charge is -2.29. The zero-order valence-corrected chi connectivity index (χ0v) is 59.3. The van der Waals surface area contributed by atoms with E-state index in [9.17, 15) is 19.4 Å². The van der Waals surface area contributed by atoms with E-state index in [1.165, 1.54) is 360 Å². The van der Waals surface area contributed by atoms with E-state index in [0.29, 0.717) is 17.4 Å². The average molecular weight is 1220 g/mol. The number of hydrogen-bond donors (Lipinski definition) is 2. The third kappa shape index (κ3) is 70.6.